The predicted molar refractivity (Wildman–Crippen MR) is 136 cm³/mol. The van der Waals surface area contributed by atoms with Crippen LogP contribution in [0.25, 0.3) is 0 Å². The molecule has 1 fully saturated rings. The van der Waals surface area contributed by atoms with E-state index in [0.29, 0.717) is 29.9 Å². The zero-order valence-electron chi connectivity index (χ0n) is 21.4. The SMILES string of the molecule is CCCCCCOC(=O)/C=C\C=C/[C@H](C)[C@H]1CC[C@]2(C)C[C@@H]3C(C)=CC(=O)[C@H]3/C(C=O)=C\C[C@@H]12. The van der Waals surface area contributed by atoms with E-state index in [2.05, 4.69) is 32.9 Å². The number of unbranched alkanes of at least 4 members (excludes halogenated alkanes) is 3. The Kier molecular flexibility index (Phi) is 9.27. The summed E-state index contributed by atoms with van der Waals surface area (Å²) in [6.07, 6.45) is 20.7. The van der Waals surface area contributed by atoms with Crippen molar-refractivity contribution in [3.63, 3.8) is 0 Å². The number of ether oxygens (including phenoxy) is 1. The minimum atomic E-state index is -0.280. The molecule has 0 bridgehead atoms. The lowest BCUT2D eigenvalue weighted by molar-refractivity contribution is -0.137. The fraction of sp³-hybridized carbons (Fsp3) is 0.633. The van der Waals surface area contributed by atoms with Gasteiger partial charge < -0.3 is 4.74 Å². The third kappa shape index (κ3) is 6.06. The third-order valence-corrected chi connectivity index (χ3v) is 8.59. The number of hydrogen-bond acceptors (Lipinski definition) is 4. The Morgan fingerprint density at radius 1 is 1.26 bits per heavy atom. The summed E-state index contributed by atoms with van der Waals surface area (Å²) in [4.78, 5) is 36.3. The molecule has 3 aliphatic rings. The molecular formula is C30H42O4. The van der Waals surface area contributed by atoms with E-state index in [1.807, 2.05) is 13.0 Å². The van der Waals surface area contributed by atoms with Gasteiger partial charge in [0.2, 0.25) is 0 Å². The van der Waals surface area contributed by atoms with Crippen LogP contribution in [-0.2, 0) is 19.1 Å². The van der Waals surface area contributed by atoms with Crippen molar-refractivity contribution in [3.8, 4) is 0 Å². The van der Waals surface area contributed by atoms with Crippen LogP contribution in [0.5, 0.6) is 0 Å². The van der Waals surface area contributed by atoms with Gasteiger partial charge in [-0.2, -0.15) is 0 Å². The van der Waals surface area contributed by atoms with Gasteiger partial charge in [-0.15, -0.1) is 0 Å². The second-order valence-corrected chi connectivity index (χ2v) is 10.9. The third-order valence-electron chi connectivity index (χ3n) is 8.59. The molecule has 186 valence electrons. The molecular weight excluding hydrogens is 424 g/mol. The number of fused-ring (bicyclic) bond motifs is 2. The summed E-state index contributed by atoms with van der Waals surface area (Å²) in [6, 6.07) is 0. The van der Waals surface area contributed by atoms with E-state index in [0.717, 1.165) is 50.4 Å². The fourth-order valence-corrected chi connectivity index (χ4v) is 6.58. The van der Waals surface area contributed by atoms with Crippen LogP contribution in [0.2, 0.25) is 0 Å². The molecule has 6 atom stereocenters. The summed E-state index contributed by atoms with van der Waals surface area (Å²) in [5.41, 5.74) is 1.97. The predicted octanol–water partition coefficient (Wildman–Crippen LogP) is 6.57. The fourth-order valence-electron chi connectivity index (χ4n) is 6.58. The Hall–Kier alpha value is -2.23. The Morgan fingerprint density at radius 3 is 2.79 bits per heavy atom. The molecule has 3 aliphatic carbocycles. The first-order valence-electron chi connectivity index (χ1n) is 13.2. The van der Waals surface area contributed by atoms with Crippen LogP contribution in [0.15, 0.2) is 47.6 Å². The average molecular weight is 467 g/mol. The molecule has 0 saturated heterocycles. The van der Waals surface area contributed by atoms with Gasteiger partial charge >= 0.3 is 5.97 Å². The Bertz CT molecular complexity index is 876. The number of rotatable bonds is 10. The maximum atomic E-state index is 12.6. The van der Waals surface area contributed by atoms with Crippen LogP contribution < -0.4 is 0 Å². The molecule has 0 heterocycles. The minimum absolute atomic E-state index is 0.0972. The molecule has 0 radical (unpaired) electrons. The lowest BCUT2D eigenvalue weighted by atomic mass is 9.63. The second-order valence-electron chi connectivity index (χ2n) is 10.9. The summed E-state index contributed by atoms with van der Waals surface area (Å²) in [6.45, 7) is 9.34. The number of carbonyl (C=O) groups is 3. The number of allylic oxidation sites excluding steroid dienone is 7. The Morgan fingerprint density at radius 2 is 2.06 bits per heavy atom. The van der Waals surface area contributed by atoms with Crippen molar-refractivity contribution < 1.29 is 19.1 Å². The van der Waals surface area contributed by atoms with Crippen LogP contribution in [0.4, 0.5) is 0 Å². The average Bonchev–Trinajstić information content (AvgIpc) is 3.25. The van der Waals surface area contributed by atoms with E-state index in [4.69, 9.17) is 4.74 Å². The lowest BCUT2D eigenvalue weighted by Gasteiger charge is -2.40. The van der Waals surface area contributed by atoms with Crippen molar-refractivity contribution in [1.82, 2.24) is 0 Å². The molecule has 0 amide bonds. The van der Waals surface area contributed by atoms with Gasteiger partial charge in [-0.25, -0.2) is 4.79 Å². The van der Waals surface area contributed by atoms with Crippen molar-refractivity contribution >= 4 is 18.0 Å². The lowest BCUT2D eigenvalue weighted by Crippen LogP contribution is -2.34. The van der Waals surface area contributed by atoms with Crippen molar-refractivity contribution in [2.24, 2.45) is 35.0 Å². The Balaban J connectivity index is 1.62. The summed E-state index contributed by atoms with van der Waals surface area (Å²) in [5, 5.41) is 0. The van der Waals surface area contributed by atoms with E-state index in [1.165, 1.54) is 18.9 Å². The summed E-state index contributed by atoms with van der Waals surface area (Å²) < 4.78 is 5.25. The highest BCUT2D eigenvalue weighted by Crippen LogP contribution is 2.58. The Labute approximate surface area is 205 Å². The van der Waals surface area contributed by atoms with Crippen molar-refractivity contribution in [2.45, 2.75) is 79.1 Å². The van der Waals surface area contributed by atoms with Gasteiger partial charge in [0.05, 0.1) is 12.5 Å². The molecule has 3 rings (SSSR count). The van der Waals surface area contributed by atoms with Crippen molar-refractivity contribution in [3.05, 3.63) is 47.6 Å². The first-order valence-corrected chi connectivity index (χ1v) is 13.2. The molecule has 0 aromatic carbocycles. The van der Waals surface area contributed by atoms with Gasteiger partial charge in [-0.3, -0.25) is 9.59 Å². The van der Waals surface area contributed by atoms with E-state index >= 15 is 0 Å². The monoisotopic (exact) mass is 466 g/mol. The molecule has 0 unspecified atom stereocenters. The van der Waals surface area contributed by atoms with Gasteiger partial charge in [-0.1, -0.05) is 69.9 Å². The maximum Gasteiger partial charge on any atom is 0.330 e. The highest BCUT2D eigenvalue weighted by molar-refractivity contribution is 6.01. The molecule has 0 aromatic rings. The zero-order chi connectivity index (χ0) is 24.7. The summed E-state index contributed by atoms with van der Waals surface area (Å²) in [5.74, 6) is 1.05. The summed E-state index contributed by atoms with van der Waals surface area (Å²) >= 11 is 0. The number of esters is 1. The number of aldehydes is 1. The highest BCUT2D eigenvalue weighted by atomic mass is 16.5. The van der Waals surface area contributed by atoms with Crippen LogP contribution in [0, 0.1) is 35.0 Å². The van der Waals surface area contributed by atoms with Gasteiger partial charge in [0.1, 0.15) is 6.29 Å². The normalized spacial score (nSPS) is 33.6. The molecule has 34 heavy (non-hydrogen) atoms. The summed E-state index contributed by atoms with van der Waals surface area (Å²) in [7, 11) is 0. The molecule has 0 spiro atoms. The van der Waals surface area contributed by atoms with Crippen molar-refractivity contribution in [1.29, 1.82) is 0 Å². The van der Waals surface area contributed by atoms with Crippen LogP contribution >= 0.6 is 0 Å². The van der Waals surface area contributed by atoms with Gasteiger partial charge in [0, 0.05) is 6.08 Å². The molecule has 4 nitrogen and oxygen atoms in total. The van der Waals surface area contributed by atoms with Gasteiger partial charge in [0.25, 0.3) is 0 Å². The van der Waals surface area contributed by atoms with Crippen LogP contribution in [0.3, 0.4) is 0 Å². The molecule has 0 N–H and O–H groups in total. The number of carbonyl (C=O) groups excluding carboxylic acids is 3. The molecule has 0 aromatic heterocycles. The molecule has 4 heteroatoms. The van der Waals surface area contributed by atoms with E-state index < -0.39 is 0 Å². The van der Waals surface area contributed by atoms with Gasteiger partial charge in [-0.05, 0) is 79.8 Å². The first kappa shape index (κ1) is 26.4. The van der Waals surface area contributed by atoms with Crippen LogP contribution in [-0.4, -0.2) is 24.6 Å². The van der Waals surface area contributed by atoms with Crippen molar-refractivity contribution in [2.75, 3.05) is 6.61 Å². The highest BCUT2D eigenvalue weighted by Gasteiger charge is 2.50. The van der Waals surface area contributed by atoms with E-state index in [-0.39, 0.29) is 29.0 Å². The topological polar surface area (TPSA) is 60.4 Å². The molecule has 1 saturated carbocycles. The van der Waals surface area contributed by atoms with Crippen LogP contribution in [0.1, 0.15) is 79.1 Å². The first-order chi connectivity index (χ1) is 16.3. The maximum absolute atomic E-state index is 12.6. The molecule has 0 aliphatic heterocycles. The number of ketones is 1. The van der Waals surface area contributed by atoms with E-state index in [1.54, 1.807) is 12.2 Å². The smallest absolute Gasteiger partial charge is 0.330 e. The number of hydrogen-bond donors (Lipinski definition) is 0. The standard InChI is InChI=1S/C30H42O4/c1-5-6-7-10-17-34-28(33)12-9-8-11-21(2)24-15-16-30(4)19-25-22(3)18-27(32)29(25)23(20-31)13-14-26(24)30/h8-9,11-13,18,20-21,24-26,29H,5-7,10,14-17,19H2,1-4H3/b11-8-,12-9-,23-13-/t21-,24+,25+,26-,29-,30+/m0/s1. The van der Waals surface area contributed by atoms with Gasteiger partial charge in [0.15, 0.2) is 5.78 Å². The largest absolute Gasteiger partial charge is 0.463 e. The quantitative estimate of drug-likeness (QED) is 0.120. The minimum Gasteiger partial charge on any atom is -0.463 e. The van der Waals surface area contributed by atoms with E-state index in [9.17, 15) is 14.4 Å². The zero-order valence-corrected chi connectivity index (χ0v) is 21.4. The second kappa shape index (κ2) is 12.0.